The number of hydrogen-bond donors (Lipinski definition) is 1. The Morgan fingerprint density at radius 3 is 2.58 bits per heavy atom. The molecule has 0 bridgehead atoms. The van der Waals surface area contributed by atoms with Crippen molar-refractivity contribution in [2.75, 3.05) is 7.11 Å². The average molecular weight is 165 g/mol. The normalized spacial score (nSPS) is 12.4. The van der Waals surface area contributed by atoms with Gasteiger partial charge in [0.1, 0.15) is 12.3 Å². The fourth-order valence-corrected chi connectivity index (χ4v) is 0.962. The smallest absolute Gasteiger partial charge is 0.143 e. The molecule has 12 heavy (non-hydrogen) atoms. The van der Waals surface area contributed by atoms with Crippen LogP contribution in [-0.4, -0.2) is 13.4 Å². The molecule has 0 aromatic heterocycles. The fourth-order valence-electron chi connectivity index (χ4n) is 0.962. The first-order valence-corrected chi connectivity index (χ1v) is 3.67. The summed E-state index contributed by atoms with van der Waals surface area (Å²) in [6, 6.07) is 9.01. The third-order valence-electron chi connectivity index (χ3n) is 1.54. The van der Waals surface area contributed by atoms with Crippen molar-refractivity contribution in [2.45, 2.75) is 6.04 Å². The van der Waals surface area contributed by atoms with Gasteiger partial charge in [0.2, 0.25) is 0 Å². The minimum atomic E-state index is -0.379. The second-order valence-corrected chi connectivity index (χ2v) is 2.35. The molecule has 1 aromatic rings. The highest BCUT2D eigenvalue weighted by atomic mass is 16.6. The topological polar surface area (TPSA) is 38.3 Å². The Bertz CT molecular complexity index is 236. The largest absolute Gasteiger partial charge is 0.304 e. The first kappa shape index (κ1) is 8.90. The summed E-state index contributed by atoms with van der Waals surface area (Å²) in [5, 5.41) is 0. The SMILES string of the molecule is CONC(C=O)c1ccccc1. The van der Waals surface area contributed by atoms with Crippen LogP contribution in [0.4, 0.5) is 0 Å². The van der Waals surface area contributed by atoms with Crippen molar-refractivity contribution < 1.29 is 9.63 Å². The maximum Gasteiger partial charge on any atom is 0.143 e. The van der Waals surface area contributed by atoms with Gasteiger partial charge in [-0.25, -0.2) is 0 Å². The van der Waals surface area contributed by atoms with Crippen LogP contribution in [0.25, 0.3) is 0 Å². The van der Waals surface area contributed by atoms with Crippen LogP contribution < -0.4 is 5.48 Å². The van der Waals surface area contributed by atoms with E-state index in [2.05, 4.69) is 10.3 Å². The van der Waals surface area contributed by atoms with E-state index >= 15 is 0 Å². The van der Waals surface area contributed by atoms with E-state index in [0.29, 0.717) is 0 Å². The average Bonchev–Trinajstić information content (AvgIpc) is 2.15. The molecule has 0 aliphatic rings. The molecule has 1 rings (SSSR count). The van der Waals surface area contributed by atoms with Gasteiger partial charge in [-0.1, -0.05) is 30.3 Å². The van der Waals surface area contributed by atoms with E-state index in [1.54, 1.807) is 0 Å². The zero-order valence-electron chi connectivity index (χ0n) is 6.86. The van der Waals surface area contributed by atoms with E-state index in [4.69, 9.17) is 0 Å². The minimum absolute atomic E-state index is 0.379. The predicted octanol–water partition coefficient (Wildman–Crippen LogP) is 1.08. The number of nitrogens with one attached hydrogen (secondary N) is 1. The molecular formula is C9H11NO2. The van der Waals surface area contributed by atoms with Crippen molar-refractivity contribution in [1.82, 2.24) is 5.48 Å². The van der Waals surface area contributed by atoms with Crippen molar-refractivity contribution in [3.63, 3.8) is 0 Å². The molecule has 0 amide bonds. The van der Waals surface area contributed by atoms with Gasteiger partial charge in [-0.2, -0.15) is 5.48 Å². The van der Waals surface area contributed by atoms with Crippen molar-refractivity contribution in [2.24, 2.45) is 0 Å². The Morgan fingerprint density at radius 1 is 1.42 bits per heavy atom. The lowest BCUT2D eigenvalue weighted by Crippen LogP contribution is -2.20. The lowest BCUT2D eigenvalue weighted by molar-refractivity contribution is -0.112. The first-order chi connectivity index (χ1) is 5.88. The second kappa shape index (κ2) is 4.64. The molecule has 1 unspecified atom stereocenters. The third kappa shape index (κ3) is 2.15. The van der Waals surface area contributed by atoms with Gasteiger partial charge >= 0.3 is 0 Å². The molecule has 0 radical (unpaired) electrons. The Labute approximate surface area is 71.3 Å². The molecule has 3 nitrogen and oxygen atoms in total. The van der Waals surface area contributed by atoms with E-state index in [1.807, 2.05) is 30.3 Å². The van der Waals surface area contributed by atoms with Crippen LogP contribution >= 0.6 is 0 Å². The van der Waals surface area contributed by atoms with Gasteiger partial charge in [0.15, 0.2) is 0 Å². The molecule has 0 fully saturated rings. The van der Waals surface area contributed by atoms with Gasteiger partial charge < -0.3 is 9.63 Å². The number of rotatable bonds is 4. The van der Waals surface area contributed by atoms with Crippen LogP contribution in [-0.2, 0) is 9.63 Å². The maximum atomic E-state index is 10.6. The molecule has 1 N–H and O–H groups in total. The summed E-state index contributed by atoms with van der Waals surface area (Å²) in [6.45, 7) is 0. The number of hydroxylamine groups is 1. The van der Waals surface area contributed by atoms with Crippen LogP contribution in [0.5, 0.6) is 0 Å². The van der Waals surface area contributed by atoms with E-state index in [9.17, 15) is 4.79 Å². The Morgan fingerprint density at radius 2 is 2.08 bits per heavy atom. The van der Waals surface area contributed by atoms with Crippen molar-refractivity contribution in [3.8, 4) is 0 Å². The van der Waals surface area contributed by atoms with E-state index in [-0.39, 0.29) is 6.04 Å². The number of hydrogen-bond acceptors (Lipinski definition) is 3. The maximum absolute atomic E-state index is 10.6. The highest BCUT2D eigenvalue weighted by Crippen LogP contribution is 2.08. The number of carbonyl (C=O) groups excluding carboxylic acids is 1. The molecule has 1 atom stereocenters. The van der Waals surface area contributed by atoms with Gasteiger partial charge in [-0.15, -0.1) is 0 Å². The molecule has 0 saturated heterocycles. The number of aldehydes is 1. The van der Waals surface area contributed by atoms with Crippen LogP contribution in [0.3, 0.4) is 0 Å². The fraction of sp³-hybridized carbons (Fsp3) is 0.222. The molecular weight excluding hydrogens is 154 g/mol. The van der Waals surface area contributed by atoms with Crippen LogP contribution in [0.1, 0.15) is 11.6 Å². The molecule has 0 aliphatic carbocycles. The van der Waals surface area contributed by atoms with Gasteiger partial charge in [-0.05, 0) is 5.56 Å². The zero-order valence-corrected chi connectivity index (χ0v) is 6.86. The Hall–Kier alpha value is -1.19. The molecule has 3 heteroatoms. The molecule has 0 heterocycles. The monoisotopic (exact) mass is 165 g/mol. The molecule has 0 spiro atoms. The molecule has 0 aliphatic heterocycles. The summed E-state index contributed by atoms with van der Waals surface area (Å²) in [5.41, 5.74) is 3.48. The van der Waals surface area contributed by atoms with Crippen molar-refractivity contribution >= 4 is 6.29 Å². The summed E-state index contributed by atoms with van der Waals surface area (Å²) in [5.74, 6) is 0. The second-order valence-electron chi connectivity index (χ2n) is 2.35. The van der Waals surface area contributed by atoms with E-state index < -0.39 is 0 Å². The van der Waals surface area contributed by atoms with Gasteiger partial charge in [0, 0.05) is 0 Å². The van der Waals surface area contributed by atoms with E-state index in [1.165, 1.54) is 7.11 Å². The number of benzene rings is 1. The summed E-state index contributed by atoms with van der Waals surface area (Å²) >= 11 is 0. The predicted molar refractivity (Wildman–Crippen MR) is 45.4 cm³/mol. The highest BCUT2D eigenvalue weighted by molar-refractivity contribution is 5.60. The van der Waals surface area contributed by atoms with Crippen LogP contribution in [0, 0.1) is 0 Å². The summed E-state index contributed by atoms with van der Waals surface area (Å²) in [7, 11) is 1.49. The van der Waals surface area contributed by atoms with Crippen LogP contribution in [0.2, 0.25) is 0 Å². The Balaban J connectivity index is 2.73. The summed E-state index contributed by atoms with van der Waals surface area (Å²) < 4.78 is 0. The zero-order chi connectivity index (χ0) is 8.81. The summed E-state index contributed by atoms with van der Waals surface area (Å²) in [6.07, 6.45) is 0.804. The van der Waals surface area contributed by atoms with Gasteiger partial charge in [0.25, 0.3) is 0 Å². The number of carbonyl (C=O) groups is 1. The third-order valence-corrected chi connectivity index (χ3v) is 1.54. The van der Waals surface area contributed by atoms with Gasteiger partial charge in [-0.3, -0.25) is 0 Å². The highest BCUT2D eigenvalue weighted by Gasteiger charge is 2.07. The van der Waals surface area contributed by atoms with Crippen LogP contribution in [0.15, 0.2) is 30.3 Å². The Kier molecular flexibility index (Phi) is 3.44. The molecule has 64 valence electrons. The molecule has 0 saturated carbocycles. The first-order valence-electron chi connectivity index (χ1n) is 3.67. The summed E-state index contributed by atoms with van der Waals surface area (Å²) in [4.78, 5) is 15.2. The standard InChI is InChI=1S/C9H11NO2/c1-12-10-9(7-11)8-5-3-2-4-6-8/h2-7,9-10H,1H3. The molecule has 1 aromatic carbocycles. The van der Waals surface area contributed by atoms with E-state index in [0.717, 1.165) is 11.8 Å². The van der Waals surface area contributed by atoms with Crippen molar-refractivity contribution in [1.29, 1.82) is 0 Å². The minimum Gasteiger partial charge on any atom is -0.304 e. The van der Waals surface area contributed by atoms with Crippen molar-refractivity contribution in [3.05, 3.63) is 35.9 Å². The quantitative estimate of drug-likeness (QED) is 0.536. The lowest BCUT2D eigenvalue weighted by Gasteiger charge is -2.09. The lowest BCUT2D eigenvalue weighted by atomic mass is 10.1. The van der Waals surface area contributed by atoms with Gasteiger partial charge in [0.05, 0.1) is 7.11 Å².